The number of methoxy groups -OCH3 is 2. The van der Waals surface area contributed by atoms with E-state index in [1.807, 2.05) is 0 Å². The molecule has 5 nitrogen and oxygen atoms in total. The van der Waals surface area contributed by atoms with Gasteiger partial charge in [-0.2, -0.15) is 13.1 Å². The average molecular weight is 393 g/mol. The fourth-order valence-electron chi connectivity index (χ4n) is 2.23. The van der Waals surface area contributed by atoms with Crippen LogP contribution in [0.2, 0.25) is 0 Å². The average Bonchev–Trinajstić information content (AvgIpc) is 2.61. The molecule has 26 heavy (non-hydrogen) atoms. The van der Waals surface area contributed by atoms with Crippen LogP contribution in [0.4, 0.5) is 17.6 Å². The van der Waals surface area contributed by atoms with Crippen molar-refractivity contribution in [1.82, 2.24) is 4.31 Å². The van der Waals surface area contributed by atoms with Crippen LogP contribution in [0.15, 0.2) is 29.2 Å². The van der Waals surface area contributed by atoms with Crippen LogP contribution in [0.25, 0.3) is 0 Å². The molecule has 10 heteroatoms. The molecule has 0 atom stereocenters. The largest absolute Gasteiger partial charge is 0.497 e. The van der Waals surface area contributed by atoms with Crippen molar-refractivity contribution in [3.63, 3.8) is 0 Å². The Morgan fingerprint density at radius 3 is 1.81 bits per heavy atom. The van der Waals surface area contributed by atoms with Crippen LogP contribution in [-0.2, 0) is 16.6 Å². The highest BCUT2D eigenvalue weighted by Crippen LogP contribution is 2.33. The normalized spacial score (nSPS) is 11.7. The number of nitrogens with zero attached hydrogens (tertiary/aromatic N) is 1. The summed E-state index contributed by atoms with van der Waals surface area (Å²) in [4.78, 5) is -1.72. The van der Waals surface area contributed by atoms with Crippen LogP contribution < -0.4 is 9.47 Å². The van der Waals surface area contributed by atoms with Gasteiger partial charge in [-0.25, -0.2) is 17.2 Å². The number of ether oxygens (including phenoxy) is 2. The minimum absolute atomic E-state index is 0.291. The number of benzene rings is 2. The lowest BCUT2D eigenvalue weighted by Gasteiger charge is -2.19. The van der Waals surface area contributed by atoms with E-state index < -0.39 is 43.9 Å². The van der Waals surface area contributed by atoms with Crippen molar-refractivity contribution in [2.24, 2.45) is 0 Å². The number of halogens is 4. The summed E-state index contributed by atoms with van der Waals surface area (Å²) in [5, 5.41) is 0. The first-order valence-corrected chi connectivity index (χ1v) is 8.58. The summed E-state index contributed by atoms with van der Waals surface area (Å²) in [5.74, 6) is -8.78. The number of hydrogen-bond donors (Lipinski definition) is 0. The fourth-order valence-corrected chi connectivity index (χ4v) is 3.49. The van der Waals surface area contributed by atoms with E-state index in [2.05, 4.69) is 4.74 Å². The molecule has 0 amide bonds. The van der Waals surface area contributed by atoms with Gasteiger partial charge in [0.05, 0.1) is 14.2 Å². The number of sulfonamides is 1. The van der Waals surface area contributed by atoms with E-state index in [9.17, 15) is 26.0 Å². The van der Waals surface area contributed by atoms with Gasteiger partial charge in [-0.1, -0.05) is 12.1 Å². The monoisotopic (exact) mass is 393 g/mol. The van der Waals surface area contributed by atoms with E-state index >= 15 is 0 Å². The van der Waals surface area contributed by atoms with Gasteiger partial charge in [-0.3, -0.25) is 0 Å². The highest BCUT2D eigenvalue weighted by molar-refractivity contribution is 7.89. The highest BCUT2D eigenvalue weighted by Gasteiger charge is 2.36. The molecule has 0 saturated heterocycles. The molecule has 2 aromatic carbocycles. The van der Waals surface area contributed by atoms with Gasteiger partial charge in [0.25, 0.3) is 0 Å². The summed E-state index contributed by atoms with van der Waals surface area (Å²) in [6.45, 7) is -0.291. The Bertz CT molecular complexity index is 888. The minimum atomic E-state index is -4.87. The molecule has 2 rings (SSSR count). The standard InChI is InChI=1S/C16H15F4NO4S/c1-21(8-9-4-6-10(24-2)7-5-9)26(22,23)16-13(19)11(17)15(25-3)12(18)14(16)20/h4-7H,8H2,1-3H3. The first kappa shape index (κ1) is 20.0. The quantitative estimate of drug-likeness (QED) is 0.559. The van der Waals surface area contributed by atoms with Crippen molar-refractivity contribution in [2.75, 3.05) is 21.3 Å². The summed E-state index contributed by atoms with van der Waals surface area (Å²) < 4.78 is 90.5. The van der Waals surface area contributed by atoms with Crippen LogP contribution in [0.1, 0.15) is 5.56 Å². The Balaban J connectivity index is 2.46. The Labute approximate surface area is 147 Å². The van der Waals surface area contributed by atoms with Crippen LogP contribution in [0, 0.1) is 23.3 Å². The molecule has 0 aliphatic heterocycles. The zero-order chi connectivity index (χ0) is 19.6. The molecule has 0 spiro atoms. The lowest BCUT2D eigenvalue weighted by atomic mass is 10.2. The second-order valence-electron chi connectivity index (χ2n) is 5.23. The summed E-state index contributed by atoms with van der Waals surface area (Å²) in [7, 11) is -1.60. The van der Waals surface area contributed by atoms with E-state index in [0.717, 1.165) is 14.2 Å². The Hall–Kier alpha value is -2.33. The molecule has 142 valence electrons. The van der Waals surface area contributed by atoms with Gasteiger partial charge in [0, 0.05) is 13.6 Å². The third-order valence-electron chi connectivity index (χ3n) is 3.62. The smallest absolute Gasteiger partial charge is 0.249 e. The molecular weight excluding hydrogens is 378 g/mol. The van der Waals surface area contributed by atoms with Crippen molar-refractivity contribution in [3.05, 3.63) is 53.1 Å². The highest BCUT2D eigenvalue weighted by atomic mass is 32.2. The maximum Gasteiger partial charge on any atom is 0.249 e. The number of rotatable bonds is 6. The summed E-state index contributed by atoms with van der Waals surface area (Å²) in [5.41, 5.74) is 0.465. The van der Waals surface area contributed by atoms with Gasteiger partial charge in [0.2, 0.25) is 21.7 Å². The molecule has 0 N–H and O–H groups in total. The second kappa shape index (κ2) is 7.50. The third-order valence-corrected chi connectivity index (χ3v) is 5.44. The van der Waals surface area contributed by atoms with Crippen LogP contribution in [0.3, 0.4) is 0 Å². The van der Waals surface area contributed by atoms with E-state index in [1.54, 1.807) is 12.1 Å². The summed E-state index contributed by atoms with van der Waals surface area (Å²) >= 11 is 0. The van der Waals surface area contributed by atoms with Crippen LogP contribution in [-0.4, -0.2) is 34.0 Å². The Morgan fingerprint density at radius 1 is 0.885 bits per heavy atom. The maximum atomic E-state index is 14.1. The molecule has 0 heterocycles. The predicted octanol–water partition coefficient (Wildman–Crippen LogP) is 3.08. The van der Waals surface area contributed by atoms with Gasteiger partial charge in [-0.05, 0) is 17.7 Å². The van der Waals surface area contributed by atoms with Crippen molar-refractivity contribution in [3.8, 4) is 11.5 Å². The lowest BCUT2D eigenvalue weighted by molar-refractivity contribution is 0.320. The zero-order valence-corrected chi connectivity index (χ0v) is 14.8. The van der Waals surface area contributed by atoms with Crippen molar-refractivity contribution in [1.29, 1.82) is 0 Å². The van der Waals surface area contributed by atoms with Gasteiger partial charge in [-0.15, -0.1) is 0 Å². The van der Waals surface area contributed by atoms with Gasteiger partial charge >= 0.3 is 0 Å². The zero-order valence-electron chi connectivity index (χ0n) is 14.0. The Morgan fingerprint density at radius 2 is 1.38 bits per heavy atom. The molecule has 0 aromatic heterocycles. The van der Waals surface area contributed by atoms with Crippen molar-refractivity contribution in [2.45, 2.75) is 11.4 Å². The maximum absolute atomic E-state index is 14.1. The molecule has 0 aliphatic rings. The number of hydrogen-bond acceptors (Lipinski definition) is 4. The third kappa shape index (κ3) is 3.47. The topological polar surface area (TPSA) is 55.8 Å². The van der Waals surface area contributed by atoms with Gasteiger partial charge in [0.15, 0.2) is 22.3 Å². The van der Waals surface area contributed by atoms with E-state index in [1.165, 1.54) is 19.2 Å². The Kier molecular flexibility index (Phi) is 5.77. The van der Waals surface area contributed by atoms with E-state index in [-0.39, 0.29) is 6.54 Å². The van der Waals surface area contributed by atoms with Gasteiger partial charge in [0.1, 0.15) is 5.75 Å². The van der Waals surface area contributed by atoms with Crippen molar-refractivity contribution >= 4 is 10.0 Å². The predicted molar refractivity (Wildman–Crippen MR) is 84.5 cm³/mol. The molecular formula is C16H15F4NO4S. The minimum Gasteiger partial charge on any atom is -0.497 e. The van der Waals surface area contributed by atoms with E-state index in [4.69, 9.17) is 4.74 Å². The first-order valence-electron chi connectivity index (χ1n) is 7.14. The molecule has 2 aromatic rings. The van der Waals surface area contributed by atoms with Crippen molar-refractivity contribution < 1.29 is 35.5 Å². The first-order chi connectivity index (χ1) is 12.1. The molecule has 0 bridgehead atoms. The summed E-state index contributed by atoms with van der Waals surface area (Å²) in [6.07, 6.45) is 0. The summed E-state index contributed by atoms with van der Waals surface area (Å²) in [6, 6.07) is 6.19. The molecule has 0 radical (unpaired) electrons. The van der Waals surface area contributed by atoms with Crippen LogP contribution >= 0.6 is 0 Å². The lowest BCUT2D eigenvalue weighted by Crippen LogP contribution is -2.29. The van der Waals surface area contributed by atoms with E-state index in [0.29, 0.717) is 15.6 Å². The van der Waals surface area contributed by atoms with Gasteiger partial charge < -0.3 is 9.47 Å². The molecule has 0 aliphatic carbocycles. The molecule has 0 fully saturated rings. The molecule has 0 saturated carbocycles. The van der Waals surface area contributed by atoms with Crippen LogP contribution in [0.5, 0.6) is 11.5 Å². The molecule has 0 unspecified atom stereocenters. The SMILES string of the molecule is COc1ccc(CN(C)S(=O)(=O)c2c(F)c(F)c(OC)c(F)c2F)cc1. The second-order valence-corrected chi connectivity index (χ2v) is 7.21. The fraction of sp³-hybridized carbons (Fsp3) is 0.250.